The van der Waals surface area contributed by atoms with E-state index >= 15 is 0 Å². The molecule has 0 N–H and O–H groups in total. The third kappa shape index (κ3) is 1.80. The summed E-state index contributed by atoms with van der Waals surface area (Å²) in [5.41, 5.74) is 1.26. The van der Waals surface area contributed by atoms with Gasteiger partial charge < -0.3 is 0 Å². The van der Waals surface area contributed by atoms with Gasteiger partial charge in [0.25, 0.3) is 0 Å². The number of carbonyl (C=O) groups excluding carboxylic acids is 1. The first-order valence-electron chi connectivity index (χ1n) is 3.45. The molecule has 2 rings (SSSR count). The van der Waals surface area contributed by atoms with Crippen LogP contribution in [0.1, 0.15) is 15.9 Å². The number of ketones is 1. The van der Waals surface area contributed by atoms with Crippen LogP contribution >= 0.6 is 34.5 Å². The van der Waals surface area contributed by atoms with E-state index in [1.165, 1.54) is 22.9 Å². The van der Waals surface area contributed by atoms with Gasteiger partial charge in [0.05, 0.1) is 16.1 Å². The summed E-state index contributed by atoms with van der Waals surface area (Å²) in [6.45, 7) is 0. The number of thiophene rings is 1. The van der Waals surface area contributed by atoms with E-state index in [4.69, 9.17) is 11.6 Å². The molecule has 0 amide bonds. The predicted octanol–water partition coefficient (Wildman–Crippen LogP) is 3.09. The third-order valence-corrected chi connectivity index (χ3v) is 3.20. The standard InChI is InChI=1S/C8H4ClNOS2/c9-7-1-5(3-12-7)8(11)6-2-10-13-4-6/h1-4H. The lowest BCUT2D eigenvalue weighted by Gasteiger charge is -1.89. The molecule has 0 fully saturated rings. The Morgan fingerprint density at radius 3 is 2.77 bits per heavy atom. The smallest absolute Gasteiger partial charge is 0.196 e. The van der Waals surface area contributed by atoms with Gasteiger partial charge >= 0.3 is 0 Å². The summed E-state index contributed by atoms with van der Waals surface area (Å²) in [6, 6.07) is 1.67. The average Bonchev–Trinajstić information content (AvgIpc) is 2.72. The van der Waals surface area contributed by atoms with Crippen LogP contribution < -0.4 is 0 Å². The molecule has 2 aromatic heterocycles. The zero-order valence-corrected chi connectivity index (χ0v) is 8.75. The summed E-state index contributed by atoms with van der Waals surface area (Å²) in [5, 5.41) is 3.48. The van der Waals surface area contributed by atoms with Gasteiger partial charge in [-0.2, -0.15) is 0 Å². The molecule has 2 heterocycles. The van der Waals surface area contributed by atoms with Gasteiger partial charge in [-0.05, 0) is 17.6 Å². The fourth-order valence-corrected chi connectivity index (χ4v) is 2.29. The Balaban J connectivity index is 2.33. The number of rotatable bonds is 2. The van der Waals surface area contributed by atoms with Crippen LogP contribution in [0.2, 0.25) is 4.34 Å². The van der Waals surface area contributed by atoms with Crippen molar-refractivity contribution in [3.8, 4) is 0 Å². The maximum absolute atomic E-state index is 11.6. The van der Waals surface area contributed by atoms with Gasteiger partial charge in [0.2, 0.25) is 0 Å². The van der Waals surface area contributed by atoms with Gasteiger partial charge in [0, 0.05) is 16.3 Å². The van der Waals surface area contributed by atoms with Crippen molar-refractivity contribution < 1.29 is 4.79 Å². The molecule has 0 aromatic carbocycles. The Morgan fingerprint density at radius 1 is 1.38 bits per heavy atom. The summed E-state index contributed by atoms with van der Waals surface area (Å²) < 4.78 is 4.50. The normalized spacial score (nSPS) is 10.2. The zero-order valence-electron chi connectivity index (χ0n) is 6.36. The van der Waals surface area contributed by atoms with Crippen molar-refractivity contribution in [2.24, 2.45) is 0 Å². The number of halogens is 1. The van der Waals surface area contributed by atoms with Gasteiger partial charge in [-0.15, -0.1) is 11.3 Å². The van der Waals surface area contributed by atoms with E-state index in [1.54, 1.807) is 23.0 Å². The predicted molar refractivity (Wildman–Crippen MR) is 54.9 cm³/mol. The molecule has 0 radical (unpaired) electrons. The van der Waals surface area contributed by atoms with Crippen molar-refractivity contribution in [3.63, 3.8) is 0 Å². The molecule has 0 aliphatic heterocycles. The largest absolute Gasteiger partial charge is 0.288 e. The van der Waals surface area contributed by atoms with Crippen molar-refractivity contribution in [3.05, 3.63) is 38.5 Å². The molecule has 0 atom stereocenters. The van der Waals surface area contributed by atoms with Crippen LogP contribution in [0.15, 0.2) is 23.0 Å². The SMILES string of the molecule is O=C(c1cnsc1)c1csc(Cl)c1. The molecular weight excluding hydrogens is 226 g/mol. The lowest BCUT2D eigenvalue weighted by atomic mass is 10.1. The molecule has 0 bridgehead atoms. The quantitative estimate of drug-likeness (QED) is 0.741. The van der Waals surface area contributed by atoms with Crippen LogP contribution in [0.3, 0.4) is 0 Å². The summed E-state index contributed by atoms with van der Waals surface area (Å²) in [7, 11) is 0. The molecule has 5 heteroatoms. The Hall–Kier alpha value is -0.710. The molecule has 0 saturated heterocycles. The molecule has 13 heavy (non-hydrogen) atoms. The molecule has 0 aliphatic rings. The number of aromatic nitrogens is 1. The maximum atomic E-state index is 11.6. The zero-order chi connectivity index (χ0) is 9.26. The Kier molecular flexibility index (Phi) is 2.44. The third-order valence-electron chi connectivity index (χ3n) is 1.52. The van der Waals surface area contributed by atoms with E-state index in [0.29, 0.717) is 15.5 Å². The second kappa shape index (κ2) is 3.57. The van der Waals surface area contributed by atoms with Crippen LogP contribution in [0.5, 0.6) is 0 Å². The maximum Gasteiger partial charge on any atom is 0.196 e. The van der Waals surface area contributed by atoms with Crippen LogP contribution in [0.25, 0.3) is 0 Å². The van der Waals surface area contributed by atoms with Gasteiger partial charge in [-0.3, -0.25) is 4.79 Å². The minimum atomic E-state index is -0.0168. The topological polar surface area (TPSA) is 30.0 Å². The lowest BCUT2D eigenvalue weighted by molar-refractivity contribution is 0.103. The fourth-order valence-electron chi connectivity index (χ4n) is 0.913. The monoisotopic (exact) mass is 229 g/mol. The van der Waals surface area contributed by atoms with Gasteiger partial charge in [-0.1, -0.05) is 11.6 Å². The molecule has 0 unspecified atom stereocenters. The first kappa shape index (κ1) is 8.87. The summed E-state index contributed by atoms with van der Waals surface area (Å²) in [5.74, 6) is -0.0168. The highest BCUT2D eigenvalue weighted by atomic mass is 35.5. The Labute approximate surface area is 88.0 Å². The van der Waals surface area contributed by atoms with Gasteiger partial charge in [0.15, 0.2) is 5.78 Å². The number of hydrogen-bond donors (Lipinski definition) is 0. The number of hydrogen-bond acceptors (Lipinski definition) is 4. The molecule has 2 aromatic rings. The van der Waals surface area contributed by atoms with Crippen LogP contribution in [-0.4, -0.2) is 10.2 Å². The van der Waals surface area contributed by atoms with Crippen LogP contribution in [0, 0.1) is 0 Å². The van der Waals surface area contributed by atoms with Crippen molar-refractivity contribution in [2.45, 2.75) is 0 Å². The van der Waals surface area contributed by atoms with Crippen LogP contribution in [-0.2, 0) is 0 Å². The summed E-state index contributed by atoms with van der Waals surface area (Å²) in [4.78, 5) is 11.6. The number of carbonyl (C=O) groups is 1. The molecule has 0 saturated carbocycles. The number of nitrogens with zero attached hydrogens (tertiary/aromatic N) is 1. The second-order valence-electron chi connectivity index (χ2n) is 2.38. The molecule has 0 spiro atoms. The fraction of sp³-hybridized carbons (Fsp3) is 0. The van der Waals surface area contributed by atoms with Crippen LogP contribution in [0.4, 0.5) is 0 Å². The minimum absolute atomic E-state index is 0.0168. The molecule has 2 nitrogen and oxygen atoms in total. The summed E-state index contributed by atoms with van der Waals surface area (Å²) in [6.07, 6.45) is 1.57. The Morgan fingerprint density at radius 2 is 2.23 bits per heavy atom. The minimum Gasteiger partial charge on any atom is -0.288 e. The summed E-state index contributed by atoms with van der Waals surface area (Å²) >= 11 is 8.35. The van der Waals surface area contributed by atoms with Crippen molar-refractivity contribution in [1.82, 2.24) is 4.37 Å². The van der Waals surface area contributed by atoms with E-state index in [1.807, 2.05) is 0 Å². The van der Waals surface area contributed by atoms with E-state index in [0.717, 1.165) is 0 Å². The molecular formula is C8H4ClNOS2. The highest BCUT2D eigenvalue weighted by Gasteiger charge is 2.11. The van der Waals surface area contributed by atoms with E-state index < -0.39 is 0 Å². The van der Waals surface area contributed by atoms with Crippen molar-refractivity contribution in [1.29, 1.82) is 0 Å². The second-order valence-corrected chi connectivity index (χ2v) is 4.58. The molecule has 0 aliphatic carbocycles. The lowest BCUT2D eigenvalue weighted by Crippen LogP contribution is -1.96. The Bertz CT molecular complexity index is 421. The van der Waals surface area contributed by atoms with Gasteiger partial charge in [-0.25, -0.2) is 4.37 Å². The first-order chi connectivity index (χ1) is 6.27. The highest BCUT2D eigenvalue weighted by molar-refractivity contribution is 7.14. The highest BCUT2D eigenvalue weighted by Crippen LogP contribution is 2.22. The average molecular weight is 230 g/mol. The van der Waals surface area contributed by atoms with E-state index in [9.17, 15) is 4.79 Å². The van der Waals surface area contributed by atoms with E-state index in [-0.39, 0.29) is 5.78 Å². The first-order valence-corrected chi connectivity index (χ1v) is 5.55. The van der Waals surface area contributed by atoms with Crippen molar-refractivity contribution >= 4 is 40.3 Å². The van der Waals surface area contributed by atoms with Crippen molar-refractivity contribution in [2.75, 3.05) is 0 Å². The molecule has 66 valence electrons. The van der Waals surface area contributed by atoms with E-state index in [2.05, 4.69) is 4.37 Å². The van der Waals surface area contributed by atoms with Gasteiger partial charge in [0.1, 0.15) is 0 Å².